The van der Waals surface area contributed by atoms with Crippen LogP contribution in [0.4, 0.5) is 0 Å². The first-order valence-corrected chi connectivity index (χ1v) is 13.4. The summed E-state index contributed by atoms with van der Waals surface area (Å²) < 4.78 is 0.867. The van der Waals surface area contributed by atoms with E-state index < -0.39 is 35.4 Å². The summed E-state index contributed by atoms with van der Waals surface area (Å²) in [6.07, 6.45) is 3.70. The van der Waals surface area contributed by atoms with Crippen molar-refractivity contribution in [2.75, 3.05) is 6.54 Å². The van der Waals surface area contributed by atoms with Crippen LogP contribution in [-0.2, 0) is 14.4 Å². The van der Waals surface area contributed by atoms with Crippen LogP contribution in [0.15, 0.2) is 28.7 Å². The Kier molecular flexibility index (Phi) is 11.4. The molecule has 1 aliphatic rings. The highest BCUT2D eigenvalue weighted by molar-refractivity contribution is 9.10. The molecule has 1 aromatic carbocycles. The third-order valence-corrected chi connectivity index (χ3v) is 6.95. The molecule has 36 heavy (non-hydrogen) atoms. The Morgan fingerprint density at radius 1 is 1.14 bits per heavy atom. The van der Waals surface area contributed by atoms with Crippen LogP contribution in [0.2, 0.25) is 0 Å². The van der Waals surface area contributed by atoms with E-state index in [9.17, 15) is 19.2 Å². The number of likely N-dealkylation sites (tertiary alicyclic amines) is 1. The van der Waals surface area contributed by atoms with E-state index in [-0.39, 0.29) is 18.2 Å². The van der Waals surface area contributed by atoms with Crippen molar-refractivity contribution in [1.82, 2.24) is 21.0 Å². The lowest BCUT2D eigenvalue weighted by atomic mass is 9.84. The van der Waals surface area contributed by atoms with Crippen LogP contribution in [0, 0.1) is 11.3 Å². The topological polar surface area (TPSA) is 128 Å². The SMILES string of the molecule is CCCC[C@H](CC(=O)NO)C(=O)N[C@H](C(=O)N1CCCCC1NC(=O)c1ccc(Br)cc1)C(C)(C)C. The number of rotatable bonds is 10. The third kappa shape index (κ3) is 8.58. The van der Waals surface area contributed by atoms with Crippen molar-refractivity contribution in [3.63, 3.8) is 0 Å². The van der Waals surface area contributed by atoms with Gasteiger partial charge in [0, 0.05) is 28.9 Å². The second kappa shape index (κ2) is 13.7. The maximum atomic E-state index is 13.8. The maximum Gasteiger partial charge on any atom is 0.252 e. The van der Waals surface area contributed by atoms with E-state index >= 15 is 0 Å². The fourth-order valence-corrected chi connectivity index (χ4v) is 4.57. The summed E-state index contributed by atoms with van der Waals surface area (Å²) >= 11 is 3.36. The summed E-state index contributed by atoms with van der Waals surface area (Å²) in [5.41, 5.74) is 1.47. The van der Waals surface area contributed by atoms with Gasteiger partial charge in [-0.3, -0.25) is 24.4 Å². The zero-order valence-electron chi connectivity index (χ0n) is 21.6. The molecule has 1 unspecified atom stereocenters. The molecule has 0 aliphatic carbocycles. The predicted molar refractivity (Wildman–Crippen MR) is 140 cm³/mol. The van der Waals surface area contributed by atoms with Gasteiger partial charge in [0.15, 0.2) is 0 Å². The van der Waals surface area contributed by atoms with E-state index in [2.05, 4.69) is 26.6 Å². The molecule has 9 nitrogen and oxygen atoms in total. The molecule has 0 aromatic heterocycles. The summed E-state index contributed by atoms with van der Waals surface area (Å²) in [6, 6.07) is 6.15. The molecule has 1 heterocycles. The van der Waals surface area contributed by atoms with E-state index in [1.165, 1.54) is 0 Å². The molecular weight excluding hydrogens is 528 g/mol. The number of amides is 4. The van der Waals surface area contributed by atoms with Crippen molar-refractivity contribution in [1.29, 1.82) is 0 Å². The standard InChI is InChI=1S/C26H39BrN4O5/c1-5-6-9-18(16-21(32)30-36)24(34)29-22(26(2,3)4)25(35)31-15-8-7-10-20(31)28-23(33)17-11-13-19(27)14-12-17/h11-14,18,20,22,36H,5-10,15-16H2,1-4H3,(H,28,33)(H,29,34)(H,30,32)/t18-,20?,22-/m1/s1. The van der Waals surface area contributed by atoms with Gasteiger partial charge in [-0.05, 0) is 55.4 Å². The van der Waals surface area contributed by atoms with Gasteiger partial charge in [0.25, 0.3) is 5.91 Å². The Morgan fingerprint density at radius 2 is 1.81 bits per heavy atom. The van der Waals surface area contributed by atoms with Crippen LogP contribution < -0.4 is 16.1 Å². The normalized spacial score (nSPS) is 17.6. The molecule has 1 fully saturated rings. The van der Waals surface area contributed by atoms with E-state index in [0.717, 1.165) is 30.2 Å². The second-order valence-electron chi connectivity index (χ2n) is 10.4. The van der Waals surface area contributed by atoms with Crippen LogP contribution in [0.3, 0.4) is 0 Å². The van der Waals surface area contributed by atoms with Crippen molar-refractivity contribution in [3.05, 3.63) is 34.3 Å². The number of unbranched alkanes of at least 4 members (excludes halogenated alkanes) is 1. The Balaban J connectivity index is 2.21. The molecular formula is C26H39BrN4O5. The van der Waals surface area contributed by atoms with E-state index in [4.69, 9.17) is 5.21 Å². The number of benzene rings is 1. The fraction of sp³-hybridized carbons (Fsp3) is 0.615. The smallest absolute Gasteiger partial charge is 0.252 e. The molecule has 2 rings (SSSR count). The van der Waals surface area contributed by atoms with Gasteiger partial charge in [-0.25, -0.2) is 5.48 Å². The number of piperidine rings is 1. The van der Waals surface area contributed by atoms with Crippen LogP contribution in [-0.4, -0.2) is 52.5 Å². The van der Waals surface area contributed by atoms with Gasteiger partial charge in [0.05, 0.1) is 0 Å². The second-order valence-corrected chi connectivity index (χ2v) is 11.3. The minimum absolute atomic E-state index is 0.164. The Bertz CT molecular complexity index is 916. The van der Waals surface area contributed by atoms with Crippen molar-refractivity contribution in [2.45, 2.75) is 84.8 Å². The molecule has 200 valence electrons. The van der Waals surface area contributed by atoms with E-state index in [1.807, 2.05) is 27.7 Å². The van der Waals surface area contributed by atoms with Crippen LogP contribution >= 0.6 is 15.9 Å². The number of nitrogens with zero attached hydrogens (tertiary/aromatic N) is 1. The van der Waals surface area contributed by atoms with Gasteiger partial charge in [0.2, 0.25) is 17.7 Å². The lowest BCUT2D eigenvalue weighted by Gasteiger charge is -2.41. The van der Waals surface area contributed by atoms with Gasteiger partial charge in [-0.15, -0.1) is 0 Å². The van der Waals surface area contributed by atoms with Gasteiger partial charge in [0.1, 0.15) is 12.2 Å². The zero-order chi connectivity index (χ0) is 26.9. The zero-order valence-corrected chi connectivity index (χ0v) is 23.2. The van der Waals surface area contributed by atoms with Gasteiger partial charge >= 0.3 is 0 Å². The number of nitrogens with one attached hydrogen (secondary N) is 3. The Hall–Kier alpha value is -2.46. The van der Waals surface area contributed by atoms with Crippen molar-refractivity contribution >= 4 is 39.6 Å². The van der Waals surface area contributed by atoms with Crippen molar-refractivity contribution in [2.24, 2.45) is 11.3 Å². The van der Waals surface area contributed by atoms with Crippen molar-refractivity contribution < 1.29 is 24.4 Å². The molecule has 1 aliphatic heterocycles. The summed E-state index contributed by atoms with van der Waals surface area (Å²) in [5, 5.41) is 14.8. The molecule has 0 radical (unpaired) electrons. The van der Waals surface area contributed by atoms with E-state index in [0.29, 0.717) is 24.9 Å². The molecule has 1 saturated heterocycles. The molecule has 10 heteroatoms. The minimum atomic E-state index is -0.850. The summed E-state index contributed by atoms with van der Waals surface area (Å²) in [5.74, 6) is -2.23. The quantitative estimate of drug-likeness (QED) is 0.253. The first-order chi connectivity index (χ1) is 17.0. The third-order valence-electron chi connectivity index (χ3n) is 6.42. The first-order valence-electron chi connectivity index (χ1n) is 12.6. The molecule has 0 spiro atoms. The highest BCUT2D eigenvalue weighted by Crippen LogP contribution is 2.26. The van der Waals surface area contributed by atoms with Crippen LogP contribution in [0.25, 0.3) is 0 Å². The number of carbonyl (C=O) groups excluding carboxylic acids is 4. The molecule has 4 N–H and O–H groups in total. The monoisotopic (exact) mass is 566 g/mol. The lowest BCUT2D eigenvalue weighted by molar-refractivity contribution is -0.144. The number of hydroxylamine groups is 1. The molecule has 0 saturated carbocycles. The predicted octanol–water partition coefficient (Wildman–Crippen LogP) is 3.75. The summed E-state index contributed by atoms with van der Waals surface area (Å²) in [7, 11) is 0. The number of hydrogen-bond acceptors (Lipinski definition) is 5. The molecule has 1 aromatic rings. The summed E-state index contributed by atoms with van der Waals surface area (Å²) in [4.78, 5) is 53.3. The highest BCUT2D eigenvalue weighted by atomic mass is 79.9. The minimum Gasteiger partial charge on any atom is -0.344 e. The molecule has 3 atom stereocenters. The largest absolute Gasteiger partial charge is 0.344 e. The number of carbonyl (C=O) groups is 4. The Morgan fingerprint density at radius 3 is 2.39 bits per heavy atom. The Labute approximate surface area is 221 Å². The number of halogens is 1. The van der Waals surface area contributed by atoms with Gasteiger partial charge < -0.3 is 15.5 Å². The number of hydrogen-bond donors (Lipinski definition) is 4. The molecule has 0 bridgehead atoms. The molecule has 4 amide bonds. The first kappa shape index (κ1) is 29.8. The van der Waals surface area contributed by atoms with E-state index in [1.54, 1.807) is 34.6 Å². The fourth-order valence-electron chi connectivity index (χ4n) is 4.30. The highest BCUT2D eigenvalue weighted by Gasteiger charge is 2.40. The van der Waals surface area contributed by atoms with Crippen molar-refractivity contribution in [3.8, 4) is 0 Å². The van der Waals surface area contributed by atoms with Gasteiger partial charge in [-0.2, -0.15) is 0 Å². The average Bonchev–Trinajstić information content (AvgIpc) is 2.84. The lowest BCUT2D eigenvalue weighted by Crippen LogP contribution is -2.61. The maximum absolute atomic E-state index is 13.8. The van der Waals surface area contributed by atoms with Crippen LogP contribution in [0.1, 0.15) is 83.0 Å². The van der Waals surface area contributed by atoms with Crippen LogP contribution in [0.5, 0.6) is 0 Å². The summed E-state index contributed by atoms with van der Waals surface area (Å²) in [6.45, 7) is 8.07. The average molecular weight is 568 g/mol. The van der Waals surface area contributed by atoms with Gasteiger partial charge in [-0.1, -0.05) is 56.5 Å².